The van der Waals surface area contributed by atoms with Crippen molar-refractivity contribution in [3.8, 4) is 0 Å². The van der Waals surface area contributed by atoms with Crippen LogP contribution in [0.4, 0.5) is 0 Å². The molecule has 2 nitrogen and oxygen atoms in total. The van der Waals surface area contributed by atoms with Crippen LogP contribution in [0.25, 0.3) is 0 Å². The van der Waals surface area contributed by atoms with Gasteiger partial charge in [0.05, 0.1) is 0 Å². The zero-order valence-corrected chi connectivity index (χ0v) is 12.9. The van der Waals surface area contributed by atoms with Crippen molar-refractivity contribution in [3.63, 3.8) is 0 Å². The third-order valence-electron chi connectivity index (χ3n) is 3.02. The molecule has 1 aliphatic heterocycles. The van der Waals surface area contributed by atoms with Crippen LogP contribution in [0.5, 0.6) is 0 Å². The first kappa shape index (κ1) is 15.3. The van der Waals surface area contributed by atoms with Gasteiger partial charge in [-0.15, -0.1) is 12.4 Å². The highest BCUT2D eigenvalue weighted by Crippen LogP contribution is 2.23. The predicted molar refractivity (Wildman–Crippen MR) is 79.1 cm³/mol. The summed E-state index contributed by atoms with van der Waals surface area (Å²) in [4.78, 5) is 2.48. The number of nitrogens with zero attached hydrogens (tertiary/aromatic N) is 1. The first-order valence-electron chi connectivity index (χ1n) is 5.55. The molecule has 0 aliphatic carbocycles. The lowest BCUT2D eigenvalue weighted by Gasteiger charge is -2.34. The van der Waals surface area contributed by atoms with E-state index in [2.05, 4.69) is 33.1 Å². The van der Waals surface area contributed by atoms with Crippen LogP contribution >= 0.6 is 39.9 Å². The molecule has 1 aromatic rings. The average Bonchev–Trinajstić information content (AvgIpc) is 2.27. The summed E-state index contributed by atoms with van der Waals surface area (Å²) in [5.41, 5.74) is 1.27. The van der Waals surface area contributed by atoms with E-state index in [0.717, 1.165) is 35.7 Å². The van der Waals surface area contributed by atoms with Crippen molar-refractivity contribution in [2.75, 3.05) is 19.6 Å². The van der Waals surface area contributed by atoms with Gasteiger partial charge in [-0.1, -0.05) is 27.5 Å². The summed E-state index contributed by atoms with van der Waals surface area (Å²) in [6, 6.07) is 6.56. The van der Waals surface area contributed by atoms with Gasteiger partial charge in [-0.2, -0.15) is 0 Å². The fourth-order valence-corrected chi connectivity index (χ4v) is 2.57. The lowest BCUT2D eigenvalue weighted by Crippen LogP contribution is -2.49. The molecule has 1 saturated heterocycles. The Kier molecular flexibility index (Phi) is 6.24. The van der Waals surface area contributed by atoms with Crippen molar-refractivity contribution in [3.05, 3.63) is 33.3 Å². The van der Waals surface area contributed by atoms with Gasteiger partial charge in [0.15, 0.2) is 0 Å². The van der Waals surface area contributed by atoms with E-state index in [9.17, 15) is 0 Å². The second kappa shape index (κ2) is 6.95. The number of benzene rings is 1. The van der Waals surface area contributed by atoms with E-state index in [1.54, 1.807) is 0 Å². The third-order valence-corrected chi connectivity index (χ3v) is 4.03. The van der Waals surface area contributed by atoms with Crippen molar-refractivity contribution < 1.29 is 0 Å². The maximum absolute atomic E-state index is 6.02. The van der Waals surface area contributed by atoms with Crippen molar-refractivity contribution in [1.29, 1.82) is 0 Å². The van der Waals surface area contributed by atoms with Crippen molar-refractivity contribution in [1.82, 2.24) is 10.2 Å². The number of rotatable bonds is 2. The molecule has 1 heterocycles. The molecule has 0 radical (unpaired) electrons. The monoisotopic (exact) mass is 338 g/mol. The molecular weight excluding hydrogens is 323 g/mol. The van der Waals surface area contributed by atoms with Gasteiger partial charge in [-0.3, -0.25) is 4.90 Å². The van der Waals surface area contributed by atoms with Crippen molar-refractivity contribution in [2.24, 2.45) is 0 Å². The Morgan fingerprint density at radius 2 is 2.29 bits per heavy atom. The molecular formula is C12H17BrCl2N2. The summed E-state index contributed by atoms with van der Waals surface area (Å²) in [6.07, 6.45) is 0. The van der Waals surface area contributed by atoms with Gasteiger partial charge in [0.1, 0.15) is 0 Å². The second-order valence-corrected chi connectivity index (χ2v) is 5.55. The number of hydrogen-bond donors (Lipinski definition) is 1. The molecule has 1 aliphatic rings. The van der Waals surface area contributed by atoms with Gasteiger partial charge in [-0.25, -0.2) is 0 Å². The van der Waals surface area contributed by atoms with E-state index in [4.69, 9.17) is 11.6 Å². The van der Waals surface area contributed by atoms with Crippen molar-refractivity contribution >= 4 is 39.9 Å². The van der Waals surface area contributed by atoms with Gasteiger partial charge in [0.2, 0.25) is 0 Å². The molecule has 0 unspecified atom stereocenters. The van der Waals surface area contributed by atoms with Gasteiger partial charge >= 0.3 is 0 Å². The minimum Gasteiger partial charge on any atom is -0.314 e. The minimum absolute atomic E-state index is 0. The fraction of sp³-hybridized carbons (Fsp3) is 0.500. The second-order valence-electron chi connectivity index (χ2n) is 4.26. The molecule has 1 atom stereocenters. The highest BCUT2D eigenvalue weighted by Gasteiger charge is 2.18. The Morgan fingerprint density at radius 1 is 1.53 bits per heavy atom. The highest BCUT2D eigenvalue weighted by atomic mass is 79.9. The highest BCUT2D eigenvalue weighted by molar-refractivity contribution is 9.10. The standard InChI is InChI=1S/C12H16BrClN2.ClH/c1-9-7-15-4-5-16(9)8-10-6-11(14)2-3-12(10)13;/h2-3,6,9,15H,4-5,7-8H2,1H3;1H/t9-;/m0./s1. The van der Waals surface area contributed by atoms with Gasteiger partial charge < -0.3 is 5.32 Å². The van der Waals surface area contributed by atoms with Crippen LogP contribution in [0.3, 0.4) is 0 Å². The number of hydrogen-bond acceptors (Lipinski definition) is 2. The van der Waals surface area contributed by atoms with Crippen LogP contribution in [-0.4, -0.2) is 30.6 Å². The van der Waals surface area contributed by atoms with E-state index < -0.39 is 0 Å². The zero-order valence-electron chi connectivity index (χ0n) is 9.75. The molecule has 17 heavy (non-hydrogen) atoms. The molecule has 2 rings (SSSR count). The van der Waals surface area contributed by atoms with E-state index in [1.807, 2.05) is 18.2 Å². The average molecular weight is 340 g/mol. The Morgan fingerprint density at radius 3 is 3.00 bits per heavy atom. The van der Waals surface area contributed by atoms with Crippen molar-refractivity contribution in [2.45, 2.75) is 19.5 Å². The lowest BCUT2D eigenvalue weighted by molar-refractivity contribution is 0.165. The van der Waals surface area contributed by atoms with Crippen LogP contribution < -0.4 is 5.32 Å². The van der Waals surface area contributed by atoms with Crippen LogP contribution in [0, 0.1) is 0 Å². The Balaban J connectivity index is 0.00000144. The summed E-state index contributed by atoms with van der Waals surface area (Å²) in [6.45, 7) is 6.45. The Labute approximate surface area is 122 Å². The first-order chi connectivity index (χ1) is 7.66. The smallest absolute Gasteiger partial charge is 0.0410 e. The van der Waals surface area contributed by atoms with Crippen LogP contribution in [0.15, 0.2) is 22.7 Å². The van der Waals surface area contributed by atoms with Gasteiger partial charge in [-0.05, 0) is 30.7 Å². The molecule has 0 amide bonds. The largest absolute Gasteiger partial charge is 0.314 e. The van der Waals surface area contributed by atoms with Crippen LogP contribution in [0.2, 0.25) is 5.02 Å². The zero-order chi connectivity index (χ0) is 11.5. The summed E-state index contributed by atoms with van der Waals surface area (Å²) < 4.78 is 1.14. The summed E-state index contributed by atoms with van der Waals surface area (Å²) in [5.74, 6) is 0. The van der Waals surface area contributed by atoms with E-state index >= 15 is 0 Å². The summed E-state index contributed by atoms with van der Waals surface area (Å²) in [5, 5.41) is 4.20. The molecule has 1 aromatic carbocycles. The molecule has 0 aromatic heterocycles. The molecule has 5 heteroatoms. The molecule has 0 spiro atoms. The molecule has 1 fully saturated rings. The normalized spacial score (nSPS) is 21.0. The molecule has 96 valence electrons. The lowest BCUT2D eigenvalue weighted by atomic mass is 10.1. The van der Waals surface area contributed by atoms with Crippen LogP contribution in [0.1, 0.15) is 12.5 Å². The summed E-state index contributed by atoms with van der Waals surface area (Å²) in [7, 11) is 0. The topological polar surface area (TPSA) is 15.3 Å². The predicted octanol–water partition coefficient (Wildman–Crippen LogP) is 3.32. The third kappa shape index (κ3) is 4.11. The van der Waals surface area contributed by atoms with Gasteiger partial charge in [0.25, 0.3) is 0 Å². The van der Waals surface area contributed by atoms with E-state index in [-0.39, 0.29) is 12.4 Å². The first-order valence-corrected chi connectivity index (χ1v) is 6.72. The Hall–Kier alpha value is 0.200. The van der Waals surface area contributed by atoms with E-state index in [1.165, 1.54) is 5.56 Å². The fourth-order valence-electron chi connectivity index (χ4n) is 2.00. The van der Waals surface area contributed by atoms with Gasteiger partial charge in [0, 0.05) is 41.7 Å². The number of halogens is 3. The maximum atomic E-state index is 6.02. The van der Waals surface area contributed by atoms with E-state index in [0.29, 0.717) is 6.04 Å². The molecule has 0 bridgehead atoms. The SMILES string of the molecule is C[C@H]1CNCCN1Cc1cc(Cl)ccc1Br.Cl. The maximum Gasteiger partial charge on any atom is 0.0410 e. The quantitative estimate of drug-likeness (QED) is 0.889. The Bertz CT molecular complexity index is 374. The number of piperazine rings is 1. The number of nitrogens with one attached hydrogen (secondary N) is 1. The molecule has 1 N–H and O–H groups in total. The van der Waals surface area contributed by atoms with Crippen LogP contribution in [-0.2, 0) is 6.54 Å². The molecule has 0 saturated carbocycles. The minimum atomic E-state index is 0. The summed E-state index contributed by atoms with van der Waals surface area (Å²) >= 11 is 9.60.